The van der Waals surface area contributed by atoms with Gasteiger partial charge in [0.15, 0.2) is 0 Å². The maximum Gasteiger partial charge on any atom is 0.0834 e. The lowest BCUT2D eigenvalue weighted by atomic mass is 9.65. The van der Waals surface area contributed by atoms with Gasteiger partial charge < -0.3 is 5.32 Å². The van der Waals surface area contributed by atoms with E-state index in [-0.39, 0.29) is 0 Å². The number of rotatable bonds is 6. The summed E-state index contributed by atoms with van der Waals surface area (Å²) in [5.41, 5.74) is 1.55. The molecule has 0 spiro atoms. The summed E-state index contributed by atoms with van der Waals surface area (Å²) < 4.78 is 2.11. The van der Waals surface area contributed by atoms with Crippen LogP contribution < -0.4 is 5.32 Å². The summed E-state index contributed by atoms with van der Waals surface area (Å²) >= 11 is 6.50. The normalized spacial score (nSPS) is 23.2. The van der Waals surface area contributed by atoms with Crippen molar-refractivity contribution in [3.63, 3.8) is 0 Å². The molecule has 1 fully saturated rings. The zero-order valence-corrected chi connectivity index (χ0v) is 14.7. The van der Waals surface area contributed by atoms with E-state index < -0.39 is 0 Å². The Hall–Kier alpha value is -0.540. The number of aromatic nitrogens is 2. The van der Waals surface area contributed by atoms with Crippen LogP contribution in [0.5, 0.6) is 0 Å². The molecule has 1 heterocycles. The summed E-state index contributed by atoms with van der Waals surface area (Å²) in [5, 5.41) is 9.02. The van der Waals surface area contributed by atoms with Crippen molar-refractivity contribution in [1.82, 2.24) is 15.1 Å². The molecule has 1 aliphatic carbocycles. The third-order valence-corrected chi connectivity index (χ3v) is 5.27. The zero-order chi connectivity index (χ0) is 15.5. The summed E-state index contributed by atoms with van der Waals surface area (Å²) in [6.07, 6.45) is 8.15. The van der Waals surface area contributed by atoms with Crippen LogP contribution in [0.3, 0.4) is 0 Å². The summed E-state index contributed by atoms with van der Waals surface area (Å²) in [4.78, 5) is 0. The molecule has 3 nitrogen and oxygen atoms in total. The molecule has 1 saturated carbocycles. The van der Waals surface area contributed by atoms with Gasteiger partial charge in [-0.05, 0) is 37.1 Å². The minimum Gasteiger partial charge on any atom is -0.309 e. The number of halogens is 1. The molecule has 0 radical (unpaired) electrons. The highest BCUT2D eigenvalue weighted by atomic mass is 35.5. The minimum atomic E-state index is 0.312. The fourth-order valence-electron chi connectivity index (χ4n) is 3.86. The van der Waals surface area contributed by atoms with E-state index in [2.05, 4.69) is 42.8 Å². The molecule has 1 aliphatic rings. The van der Waals surface area contributed by atoms with E-state index in [9.17, 15) is 0 Å². The van der Waals surface area contributed by atoms with Crippen molar-refractivity contribution in [3.05, 3.63) is 16.9 Å². The van der Waals surface area contributed by atoms with Crippen LogP contribution in [0.4, 0.5) is 0 Å². The lowest BCUT2D eigenvalue weighted by molar-refractivity contribution is 0.0953. The molecule has 1 N–H and O–H groups in total. The van der Waals surface area contributed by atoms with Gasteiger partial charge in [0.1, 0.15) is 0 Å². The molecule has 0 aliphatic heterocycles. The van der Waals surface area contributed by atoms with Crippen molar-refractivity contribution in [1.29, 1.82) is 0 Å². The van der Waals surface area contributed by atoms with Gasteiger partial charge in [0.25, 0.3) is 0 Å². The maximum absolute atomic E-state index is 6.50. The third kappa shape index (κ3) is 3.62. The fourth-order valence-corrected chi connectivity index (χ4v) is 4.12. The van der Waals surface area contributed by atoms with Crippen molar-refractivity contribution in [2.24, 2.45) is 11.3 Å². The first-order chi connectivity index (χ1) is 10.0. The van der Waals surface area contributed by atoms with Crippen molar-refractivity contribution >= 4 is 11.6 Å². The van der Waals surface area contributed by atoms with E-state index in [0.717, 1.165) is 24.5 Å². The van der Waals surface area contributed by atoms with Crippen LogP contribution >= 0.6 is 11.6 Å². The molecule has 2 atom stereocenters. The highest BCUT2D eigenvalue weighted by molar-refractivity contribution is 6.31. The van der Waals surface area contributed by atoms with Gasteiger partial charge in [0, 0.05) is 6.54 Å². The maximum atomic E-state index is 6.50. The van der Waals surface area contributed by atoms with E-state index >= 15 is 0 Å². The van der Waals surface area contributed by atoms with Crippen molar-refractivity contribution in [2.45, 2.75) is 72.4 Å². The molecule has 0 bridgehead atoms. The first-order valence-electron chi connectivity index (χ1n) is 8.45. The monoisotopic (exact) mass is 311 g/mol. The molecule has 2 rings (SSSR count). The molecule has 1 aromatic rings. The van der Waals surface area contributed by atoms with Gasteiger partial charge in [0.05, 0.1) is 23.0 Å². The molecule has 0 aromatic carbocycles. The van der Waals surface area contributed by atoms with E-state index in [1.807, 2.05) is 6.20 Å². The number of aryl methyl sites for hydroxylation is 1. The quantitative estimate of drug-likeness (QED) is 0.816. The van der Waals surface area contributed by atoms with Crippen LogP contribution in [0.15, 0.2) is 6.20 Å². The van der Waals surface area contributed by atoms with Gasteiger partial charge in [-0.25, -0.2) is 0 Å². The van der Waals surface area contributed by atoms with Gasteiger partial charge >= 0.3 is 0 Å². The Labute approximate surface area is 134 Å². The number of hydrogen-bond acceptors (Lipinski definition) is 2. The van der Waals surface area contributed by atoms with Gasteiger partial charge in [-0.2, -0.15) is 5.10 Å². The predicted molar refractivity (Wildman–Crippen MR) is 89.7 cm³/mol. The van der Waals surface area contributed by atoms with Gasteiger partial charge in [0.2, 0.25) is 0 Å². The molecule has 4 heteroatoms. The minimum absolute atomic E-state index is 0.312. The first-order valence-corrected chi connectivity index (χ1v) is 8.83. The summed E-state index contributed by atoms with van der Waals surface area (Å²) in [6, 6.07) is 0.312. The SMILES string of the molecule is CCCn1ncc(Cl)c1C(NCC)C1CCCCC1(C)C. The van der Waals surface area contributed by atoms with Crippen LogP contribution in [0.1, 0.15) is 71.5 Å². The van der Waals surface area contributed by atoms with Gasteiger partial charge in [-0.15, -0.1) is 0 Å². The molecule has 0 amide bonds. The smallest absolute Gasteiger partial charge is 0.0834 e. The average Bonchev–Trinajstić information content (AvgIpc) is 2.78. The number of hydrogen-bond donors (Lipinski definition) is 1. The van der Waals surface area contributed by atoms with E-state index in [1.165, 1.54) is 31.4 Å². The molecule has 120 valence electrons. The second kappa shape index (κ2) is 7.15. The Morgan fingerprint density at radius 2 is 2.19 bits per heavy atom. The zero-order valence-electron chi connectivity index (χ0n) is 14.0. The van der Waals surface area contributed by atoms with E-state index in [4.69, 9.17) is 11.6 Å². The Morgan fingerprint density at radius 3 is 2.81 bits per heavy atom. The topological polar surface area (TPSA) is 29.9 Å². The fraction of sp³-hybridized carbons (Fsp3) is 0.824. The van der Waals surface area contributed by atoms with Crippen LogP contribution in [0, 0.1) is 11.3 Å². The van der Waals surface area contributed by atoms with Crippen molar-refractivity contribution in [3.8, 4) is 0 Å². The Kier molecular flexibility index (Phi) is 5.73. The molecular formula is C17H30ClN3. The standard InChI is InChI=1S/C17H30ClN3/c1-5-11-21-16(14(18)12-20-21)15(19-6-2)13-9-7-8-10-17(13,3)4/h12-13,15,19H,5-11H2,1-4H3. The van der Waals surface area contributed by atoms with Crippen LogP contribution in [0.2, 0.25) is 5.02 Å². The Morgan fingerprint density at radius 1 is 1.43 bits per heavy atom. The second-order valence-corrected chi connectivity index (χ2v) is 7.38. The lowest BCUT2D eigenvalue weighted by Gasteiger charge is -2.43. The molecule has 2 unspecified atom stereocenters. The predicted octanol–water partition coefficient (Wildman–Crippen LogP) is 4.81. The first kappa shape index (κ1) is 16.8. The summed E-state index contributed by atoms with van der Waals surface area (Å²) in [6.45, 7) is 11.1. The Bertz CT molecular complexity index is 453. The number of nitrogens with zero attached hydrogens (tertiary/aromatic N) is 2. The van der Waals surface area contributed by atoms with Crippen LogP contribution in [-0.4, -0.2) is 16.3 Å². The van der Waals surface area contributed by atoms with E-state index in [1.54, 1.807) is 0 Å². The van der Waals surface area contributed by atoms with E-state index in [0.29, 0.717) is 17.4 Å². The summed E-state index contributed by atoms with van der Waals surface area (Å²) in [5.74, 6) is 0.621. The van der Waals surface area contributed by atoms with Gasteiger partial charge in [-0.3, -0.25) is 4.68 Å². The highest BCUT2D eigenvalue weighted by Gasteiger charge is 2.39. The summed E-state index contributed by atoms with van der Waals surface area (Å²) in [7, 11) is 0. The van der Waals surface area contributed by atoms with Crippen molar-refractivity contribution < 1.29 is 0 Å². The number of nitrogens with one attached hydrogen (secondary N) is 1. The average molecular weight is 312 g/mol. The molecule has 0 saturated heterocycles. The third-order valence-electron chi connectivity index (χ3n) is 4.98. The lowest BCUT2D eigenvalue weighted by Crippen LogP contribution is -2.40. The van der Waals surface area contributed by atoms with Crippen molar-refractivity contribution in [2.75, 3.05) is 6.54 Å². The van der Waals surface area contributed by atoms with Crippen LogP contribution in [0.25, 0.3) is 0 Å². The molecular weight excluding hydrogens is 282 g/mol. The highest BCUT2D eigenvalue weighted by Crippen LogP contribution is 2.47. The van der Waals surface area contributed by atoms with Crippen LogP contribution in [-0.2, 0) is 6.54 Å². The second-order valence-electron chi connectivity index (χ2n) is 6.98. The van der Waals surface area contributed by atoms with Gasteiger partial charge in [-0.1, -0.05) is 52.1 Å². The molecule has 21 heavy (non-hydrogen) atoms. The largest absolute Gasteiger partial charge is 0.309 e. The Balaban J connectivity index is 2.36. The molecule has 1 aromatic heterocycles.